The molecule has 2 aromatic heterocycles. The highest BCUT2D eigenvalue weighted by molar-refractivity contribution is 6.32. The van der Waals surface area contributed by atoms with E-state index in [2.05, 4.69) is 15.6 Å². The summed E-state index contributed by atoms with van der Waals surface area (Å²) in [6, 6.07) is 13.5. The zero-order valence-corrected chi connectivity index (χ0v) is 17.3. The van der Waals surface area contributed by atoms with Gasteiger partial charge in [0.2, 0.25) is 0 Å². The highest BCUT2D eigenvalue weighted by Crippen LogP contribution is 2.25. The zero-order valence-electron chi connectivity index (χ0n) is 16.5. The molecule has 0 radical (unpaired) electrons. The lowest BCUT2D eigenvalue weighted by Gasteiger charge is -2.08. The van der Waals surface area contributed by atoms with Gasteiger partial charge in [0.1, 0.15) is 23.9 Å². The summed E-state index contributed by atoms with van der Waals surface area (Å²) in [5.41, 5.74) is 1.55. The number of carbonyl (C=O) groups excluding carboxylic acids is 1. The molecule has 2 heterocycles. The van der Waals surface area contributed by atoms with Crippen molar-refractivity contribution in [2.45, 2.75) is 20.1 Å². The number of anilines is 1. The monoisotopic (exact) mass is 440 g/mol. The van der Waals surface area contributed by atoms with Crippen molar-refractivity contribution in [1.29, 1.82) is 0 Å². The zero-order chi connectivity index (χ0) is 21.8. The summed E-state index contributed by atoms with van der Waals surface area (Å²) in [6.45, 7) is 2.00. The van der Waals surface area contributed by atoms with Crippen molar-refractivity contribution in [3.05, 3.63) is 94.3 Å². The first-order valence-corrected chi connectivity index (χ1v) is 9.78. The van der Waals surface area contributed by atoms with Crippen LogP contribution in [0.25, 0.3) is 0 Å². The largest absolute Gasteiger partial charge is 0.487 e. The number of para-hydroxylation sites is 1. The first kappa shape index (κ1) is 20.6. The number of ether oxygens (including phenoxy) is 1. The van der Waals surface area contributed by atoms with Crippen LogP contribution in [0.15, 0.2) is 65.4 Å². The molecule has 0 saturated carbocycles. The van der Waals surface area contributed by atoms with Gasteiger partial charge in [0.05, 0.1) is 29.0 Å². The maximum Gasteiger partial charge on any atom is 0.278 e. The predicted octanol–water partition coefficient (Wildman–Crippen LogP) is 4.85. The molecule has 1 amide bonds. The first-order valence-electron chi connectivity index (χ1n) is 9.41. The topological polar surface area (TPSA) is 82.2 Å². The fourth-order valence-corrected chi connectivity index (χ4v) is 3.15. The Morgan fingerprint density at radius 2 is 2.00 bits per heavy atom. The van der Waals surface area contributed by atoms with Crippen molar-refractivity contribution in [1.82, 2.24) is 14.9 Å². The van der Waals surface area contributed by atoms with Crippen LogP contribution in [0.4, 0.5) is 10.1 Å². The molecule has 0 atom stereocenters. The number of benzene rings is 2. The second kappa shape index (κ2) is 9.01. The minimum atomic E-state index is -0.472. The van der Waals surface area contributed by atoms with Gasteiger partial charge in [0, 0.05) is 11.8 Å². The fraction of sp³-hybridized carbons (Fsp3) is 0.136. The third-order valence-corrected chi connectivity index (χ3v) is 4.90. The molecule has 0 spiro atoms. The normalized spacial score (nSPS) is 10.8. The fourth-order valence-electron chi connectivity index (χ4n) is 2.96. The number of halogens is 2. The summed E-state index contributed by atoms with van der Waals surface area (Å²) in [5, 5.41) is 11.2. The second-order valence-corrected chi connectivity index (χ2v) is 7.16. The van der Waals surface area contributed by atoms with Crippen LogP contribution in [-0.2, 0) is 13.2 Å². The Balaban J connectivity index is 1.44. The second-order valence-electron chi connectivity index (χ2n) is 6.76. The minimum Gasteiger partial charge on any atom is -0.487 e. The number of rotatable bonds is 7. The maximum atomic E-state index is 13.8. The SMILES string of the molecule is Cc1onc(C(=O)Nc2cnn(Cc3ccccc3F)c2)c1COc1ccccc1Cl. The molecule has 31 heavy (non-hydrogen) atoms. The van der Waals surface area contributed by atoms with Gasteiger partial charge in [-0.3, -0.25) is 9.48 Å². The van der Waals surface area contributed by atoms with Crippen LogP contribution in [0.3, 0.4) is 0 Å². The quantitative estimate of drug-likeness (QED) is 0.444. The van der Waals surface area contributed by atoms with Crippen LogP contribution < -0.4 is 10.1 Å². The molecule has 0 fully saturated rings. The molecule has 0 aliphatic heterocycles. The average molecular weight is 441 g/mol. The van der Waals surface area contributed by atoms with E-state index in [1.165, 1.54) is 16.9 Å². The van der Waals surface area contributed by atoms with E-state index in [-0.39, 0.29) is 24.7 Å². The maximum absolute atomic E-state index is 13.8. The first-order chi connectivity index (χ1) is 15.0. The van der Waals surface area contributed by atoms with Gasteiger partial charge in [-0.25, -0.2) is 4.39 Å². The molecule has 0 saturated heterocycles. The lowest BCUT2D eigenvalue weighted by atomic mass is 10.2. The molecular formula is C22H18ClFN4O3. The van der Waals surface area contributed by atoms with Gasteiger partial charge in [-0.2, -0.15) is 5.10 Å². The van der Waals surface area contributed by atoms with Crippen molar-refractivity contribution >= 4 is 23.2 Å². The number of hydrogen-bond donors (Lipinski definition) is 1. The number of hydrogen-bond acceptors (Lipinski definition) is 5. The van der Waals surface area contributed by atoms with E-state index in [0.717, 1.165) is 0 Å². The average Bonchev–Trinajstić information content (AvgIpc) is 3.35. The molecule has 2 aromatic carbocycles. The molecular weight excluding hydrogens is 423 g/mol. The molecule has 4 aromatic rings. The van der Waals surface area contributed by atoms with Crippen molar-refractivity contribution in [2.24, 2.45) is 0 Å². The van der Waals surface area contributed by atoms with Crippen LogP contribution in [-0.4, -0.2) is 20.8 Å². The van der Waals surface area contributed by atoms with Gasteiger partial charge < -0.3 is 14.6 Å². The van der Waals surface area contributed by atoms with Gasteiger partial charge in [-0.1, -0.05) is 47.1 Å². The van der Waals surface area contributed by atoms with Crippen LogP contribution >= 0.6 is 11.6 Å². The lowest BCUT2D eigenvalue weighted by Crippen LogP contribution is -2.15. The molecule has 9 heteroatoms. The highest BCUT2D eigenvalue weighted by Gasteiger charge is 2.21. The Morgan fingerprint density at radius 1 is 1.23 bits per heavy atom. The molecule has 4 rings (SSSR count). The van der Waals surface area contributed by atoms with E-state index in [4.69, 9.17) is 20.9 Å². The number of nitrogens with zero attached hydrogens (tertiary/aromatic N) is 3. The third-order valence-electron chi connectivity index (χ3n) is 4.59. The molecule has 7 nitrogen and oxygen atoms in total. The van der Waals surface area contributed by atoms with E-state index < -0.39 is 5.91 Å². The lowest BCUT2D eigenvalue weighted by molar-refractivity contribution is 0.101. The van der Waals surface area contributed by atoms with E-state index in [1.54, 1.807) is 55.6 Å². The molecule has 0 aliphatic rings. The van der Waals surface area contributed by atoms with Crippen LogP contribution in [0, 0.1) is 12.7 Å². The Bertz CT molecular complexity index is 1220. The summed E-state index contributed by atoms with van der Waals surface area (Å²) in [5.74, 6) is 0.169. The third kappa shape index (κ3) is 4.75. The number of nitrogens with one attached hydrogen (secondary N) is 1. The summed E-state index contributed by atoms with van der Waals surface area (Å²) in [7, 11) is 0. The Morgan fingerprint density at radius 3 is 2.81 bits per heavy atom. The number of aryl methyl sites for hydroxylation is 1. The molecule has 0 aliphatic carbocycles. The molecule has 158 valence electrons. The van der Waals surface area contributed by atoms with E-state index in [9.17, 15) is 9.18 Å². The van der Waals surface area contributed by atoms with E-state index in [0.29, 0.717) is 33.3 Å². The van der Waals surface area contributed by atoms with E-state index in [1.807, 2.05) is 0 Å². The summed E-state index contributed by atoms with van der Waals surface area (Å²) in [6.07, 6.45) is 3.09. The highest BCUT2D eigenvalue weighted by atomic mass is 35.5. The van der Waals surface area contributed by atoms with Crippen molar-refractivity contribution in [3.8, 4) is 5.75 Å². The van der Waals surface area contributed by atoms with Crippen LogP contribution in [0.2, 0.25) is 5.02 Å². The van der Waals surface area contributed by atoms with Crippen molar-refractivity contribution in [3.63, 3.8) is 0 Å². The molecule has 1 N–H and O–H groups in total. The minimum absolute atomic E-state index is 0.0639. The summed E-state index contributed by atoms with van der Waals surface area (Å²) >= 11 is 6.11. The molecule has 0 unspecified atom stereocenters. The molecule has 0 bridgehead atoms. The van der Waals surface area contributed by atoms with Crippen molar-refractivity contribution in [2.75, 3.05) is 5.32 Å². The van der Waals surface area contributed by atoms with Gasteiger partial charge in [0.25, 0.3) is 5.91 Å². The Kier molecular flexibility index (Phi) is 5.99. The van der Waals surface area contributed by atoms with Gasteiger partial charge in [-0.05, 0) is 25.1 Å². The standard InChI is InChI=1S/C22H18ClFN4O3/c1-14-17(13-30-20-9-5-3-7-18(20)23)21(27-31-14)22(29)26-16-10-25-28(12-16)11-15-6-2-4-8-19(15)24/h2-10,12H,11,13H2,1H3,(H,26,29). The summed E-state index contributed by atoms with van der Waals surface area (Å²) < 4.78 is 26.3. The Hall–Kier alpha value is -3.65. The number of aromatic nitrogens is 3. The van der Waals surface area contributed by atoms with E-state index >= 15 is 0 Å². The van der Waals surface area contributed by atoms with Gasteiger partial charge in [0.15, 0.2) is 5.69 Å². The van der Waals surface area contributed by atoms with Gasteiger partial charge in [-0.15, -0.1) is 0 Å². The summed E-state index contributed by atoms with van der Waals surface area (Å²) in [4.78, 5) is 12.7. The van der Waals surface area contributed by atoms with Crippen molar-refractivity contribution < 1.29 is 18.4 Å². The predicted molar refractivity (Wildman–Crippen MR) is 113 cm³/mol. The number of amides is 1. The number of carbonyl (C=O) groups is 1. The van der Waals surface area contributed by atoms with Crippen LogP contribution in [0.5, 0.6) is 5.75 Å². The van der Waals surface area contributed by atoms with Crippen LogP contribution in [0.1, 0.15) is 27.4 Å². The smallest absolute Gasteiger partial charge is 0.278 e. The van der Waals surface area contributed by atoms with Gasteiger partial charge >= 0.3 is 0 Å². The Labute approximate surface area is 182 Å².